The smallest absolute Gasteiger partial charge is 0.142 e. The first-order valence-corrected chi connectivity index (χ1v) is 5.83. The van der Waals surface area contributed by atoms with E-state index in [4.69, 9.17) is 0 Å². The molecule has 1 fully saturated rings. The fourth-order valence-electron chi connectivity index (χ4n) is 1.74. The lowest BCUT2D eigenvalue weighted by atomic mass is 10.1. The molecule has 0 unspecified atom stereocenters. The van der Waals surface area contributed by atoms with Gasteiger partial charge in [0.15, 0.2) is 0 Å². The van der Waals surface area contributed by atoms with Crippen LogP contribution in [-0.2, 0) is 6.54 Å². The Morgan fingerprint density at radius 3 is 2.43 bits per heavy atom. The van der Waals surface area contributed by atoms with Crippen molar-refractivity contribution in [3.8, 4) is 0 Å². The third-order valence-corrected chi connectivity index (χ3v) is 2.90. The highest BCUT2D eigenvalue weighted by atomic mass is 79.9. The highest BCUT2D eigenvalue weighted by Gasteiger charge is 2.11. The summed E-state index contributed by atoms with van der Waals surface area (Å²) in [6.45, 7) is 3.28. The molecular weight excluding hydrogens is 242 g/mol. The molecule has 2 heterocycles. The molecule has 1 aromatic rings. The van der Waals surface area contributed by atoms with E-state index in [0.717, 1.165) is 16.8 Å². The van der Waals surface area contributed by atoms with E-state index in [2.05, 4.69) is 30.8 Å². The van der Waals surface area contributed by atoms with Gasteiger partial charge in [0.05, 0.1) is 11.0 Å². The quantitative estimate of drug-likeness (QED) is 0.812. The van der Waals surface area contributed by atoms with Crippen LogP contribution in [0.4, 0.5) is 0 Å². The molecular formula is C10H14BrN3. The maximum Gasteiger partial charge on any atom is 0.142 e. The van der Waals surface area contributed by atoms with Gasteiger partial charge in [-0.3, -0.25) is 4.90 Å². The van der Waals surface area contributed by atoms with E-state index in [9.17, 15) is 0 Å². The lowest BCUT2D eigenvalue weighted by Gasteiger charge is -2.25. The molecule has 3 nitrogen and oxygen atoms in total. The highest BCUT2D eigenvalue weighted by Crippen LogP contribution is 2.11. The molecule has 14 heavy (non-hydrogen) atoms. The summed E-state index contributed by atoms with van der Waals surface area (Å²) in [5, 5.41) is 0. The summed E-state index contributed by atoms with van der Waals surface area (Å²) >= 11 is 3.33. The van der Waals surface area contributed by atoms with Crippen LogP contribution in [-0.4, -0.2) is 28.0 Å². The van der Waals surface area contributed by atoms with Crippen LogP contribution in [0.1, 0.15) is 25.1 Å². The van der Waals surface area contributed by atoms with Crippen LogP contribution in [0, 0.1) is 0 Å². The van der Waals surface area contributed by atoms with Crippen LogP contribution in [0.25, 0.3) is 0 Å². The third-order valence-electron chi connectivity index (χ3n) is 2.49. The number of likely N-dealkylation sites (tertiary alicyclic amines) is 1. The average molecular weight is 256 g/mol. The lowest BCUT2D eigenvalue weighted by molar-refractivity contribution is 0.216. The van der Waals surface area contributed by atoms with E-state index in [0.29, 0.717) is 0 Å². The molecule has 1 aromatic heterocycles. The monoisotopic (exact) mass is 255 g/mol. The van der Waals surface area contributed by atoms with Gasteiger partial charge in [-0.05, 0) is 41.9 Å². The van der Waals surface area contributed by atoms with Gasteiger partial charge in [-0.1, -0.05) is 6.42 Å². The first kappa shape index (κ1) is 10.1. The van der Waals surface area contributed by atoms with Gasteiger partial charge in [-0.2, -0.15) is 0 Å². The van der Waals surface area contributed by atoms with Crippen LogP contribution in [0.2, 0.25) is 0 Å². The van der Waals surface area contributed by atoms with Crippen molar-refractivity contribution in [2.75, 3.05) is 13.1 Å². The number of aromatic nitrogens is 2. The number of hydrogen-bond acceptors (Lipinski definition) is 3. The second-order valence-corrected chi connectivity index (χ2v) is 4.57. The fraction of sp³-hybridized carbons (Fsp3) is 0.600. The molecule has 0 N–H and O–H groups in total. The lowest BCUT2D eigenvalue weighted by Crippen LogP contribution is -2.29. The Hall–Kier alpha value is -0.480. The molecule has 0 spiro atoms. The predicted molar refractivity (Wildman–Crippen MR) is 58.9 cm³/mol. The van der Waals surface area contributed by atoms with Gasteiger partial charge in [-0.15, -0.1) is 0 Å². The van der Waals surface area contributed by atoms with Crippen LogP contribution >= 0.6 is 15.9 Å². The number of piperidine rings is 1. The van der Waals surface area contributed by atoms with Crippen molar-refractivity contribution >= 4 is 15.9 Å². The molecule has 76 valence electrons. The van der Waals surface area contributed by atoms with Gasteiger partial charge in [0.2, 0.25) is 0 Å². The zero-order valence-corrected chi connectivity index (χ0v) is 9.70. The summed E-state index contributed by atoms with van der Waals surface area (Å²) in [6, 6.07) is 0. The minimum atomic E-state index is 0.896. The Morgan fingerprint density at radius 2 is 1.79 bits per heavy atom. The molecule has 0 amide bonds. The first-order valence-electron chi connectivity index (χ1n) is 5.03. The van der Waals surface area contributed by atoms with Crippen molar-refractivity contribution in [3.05, 3.63) is 22.7 Å². The van der Waals surface area contributed by atoms with E-state index in [-0.39, 0.29) is 0 Å². The van der Waals surface area contributed by atoms with Gasteiger partial charge in [0.1, 0.15) is 5.82 Å². The van der Waals surface area contributed by atoms with E-state index < -0.39 is 0 Å². The topological polar surface area (TPSA) is 29.0 Å². The van der Waals surface area contributed by atoms with Crippen molar-refractivity contribution in [2.24, 2.45) is 0 Å². The van der Waals surface area contributed by atoms with Gasteiger partial charge >= 0.3 is 0 Å². The molecule has 0 saturated carbocycles. The Kier molecular flexibility index (Phi) is 3.48. The molecule has 0 aliphatic carbocycles. The zero-order chi connectivity index (χ0) is 9.80. The molecule has 0 atom stereocenters. The minimum absolute atomic E-state index is 0.896. The largest absolute Gasteiger partial charge is 0.296 e. The summed E-state index contributed by atoms with van der Waals surface area (Å²) in [5.41, 5.74) is 0. The maximum absolute atomic E-state index is 4.27. The van der Waals surface area contributed by atoms with E-state index in [1.54, 1.807) is 0 Å². The van der Waals surface area contributed by atoms with E-state index >= 15 is 0 Å². The molecule has 2 rings (SSSR count). The summed E-state index contributed by atoms with van der Waals surface area (Å²) in [4.78, 5) is 11.0. The Labute approximate surface area is 92.7 Å². The number of hydrogen-bond donors (Lipinski definition) is 0. The van der Waals surface area contributed by atoms with Gasteiger partial charge < -0.3 is 0 Å². The molecule has 4 heteroatoms. The summed E-state index contributed by atoms with van der Waals surface area (Å²) in [7, 11) is 0. The summed E-state index contributed by atoms with van der Waals surface area (Å²) in [5.74, 6) is 0.926. The van der Waals surface area contributed by atoms with Crippen molar-refractivity contribution in [3.63, 3.8) is 0 Å². The van der Waals surface area contributed by atoms with E-state index in [1.807, 2.05) is 12.4 Å². The average Bonchev–Trinajstić information content (AvgIpc) is 2.23. The summed E-state index contributed by atoms with van der Waals surface area (Å²) in [6.07, 6.45) is 7.63. The normalized spacial score (nSPS) is 18.4. The highest BCUT2D eigenvalue weighted by molar-refractivity contribution is 9.10. The SMILES string of the molecule is Brc1cnc(CN2CCCCC2)nc1. The Bertz CT molecular complexity index is 280. The zero-order valence-electron chi connectivity index (χ0n) is 8.12. The second kappa shape index (κ2) is 4.84. The maximum atomic E-state index is 4.27. The van der Waals surface area contributed by atoms with Gasteiger partial charge in [0.25, 0.3) is 0 Å². The molecule has 0 aromatic carbocycles. The molecule has 1 aliphatic heterocycles. The van der Waals surface area contributed by atoms with Crippen molar-refractivity contribution in [1.82, 2.24) is 14.9 Å². The number of nitrogens with zero attached hydrogens (tertiary/aromatic N) is 3. The minimum Gasteiger partial charge on any atom is -0.296 e. The number of halogens is 1. The molecule has 1 saturated heterocycles. The Balaban J connectivity index is 1.92. The fourth-order valence-corrected chi connectivity index (χ4v) is 1.94. The van der Waals surface area contributed by atoms with Crippen molar-refractivity contribution in [2.45, 2.75) is 25.8 Å². The van der Waals surface area contributed by atoms with Crippen LogP contribution in [0.15, 0.2) is 16.9 Å². The van der Waals surface area contributed by atoms with Crippen LogP contribution in [0.3, 0.4) is 0 Å². The predicted octanol–water partition coefficient (Wildman–Crippen LogP) is 2.22. The van der Waals surface area contributed by atoms with Crippen LogP contribution < -0.4 is 0 Å². The summed E-state index contributed by atoms with van der Waals surface area (Å²) < 4.78 is 0.944. The van der Waals surface area contributed by atoms with Crippen molar-refractivity contribution in [1.29, 1.82) is 0 Å². The molecule has 0 bridgehead atoms. The third kappa shape index (κ3) is 2.75. The van der Waals surface area contributed by atoms with E-state index in [1.165, 1.54) is 32.4 Å². The van der Waals surface area contributed by atoms with Gasteiger partial charge in [-0.25, -0.2) is 9.97 Å². The standard InChI is InChI=1S/C10H14BrN3/c11-9-6-12-10(13-7-9)8-14-4-2-1-3-5-14/h6-7H,1-5,8H2. The first-order chi connectivity index (χ1) is 6.84. The second-order valence-electron chi connectivity index (χ2n) is 3.65. The molecule has 0 radical (unpaired) electrons. The van der Waals surface area contributed by atoms with Crippen molar-refractivity contribution < 1.29 is 0 Å². The number of rotatable bonds is 2. The van der Waals surface area contributed by atoms with Crippen LogP contribution in [0.5, 0.6) is 0 Å². The Morgan fingerprint density at radius 1 is 1.14 bits per heavy atom. The molecule has 1 aliphatic rings. The van der Waals surface area contributed by atoms with Gasteiger partial charge in [0, 0.05) is 12.4 Å².